The molecule has 6 nitrogen and oxygen atoms in total. The SMILES string of the molecule is CCCCOc1ccc(Br)cc1C(=O)NC(=S)NNC(=O)c1ccccc1C. The van der Waals surface area contributed by atoms with E-state index >= 15 is 0 Å². The molecule has 2 rings (SSSR count). The van der Waals surface area contributed by atoms with Gasteiger partial charge in [-0.05, 0) is 55.4 Å². The summed E-state index contributed by atoms with van der Waals surface area (Å²) in [6.07, 6.45) is 1.88. The van der Waals surface area contributed by atoms with E-state index in [1.165, 1.54) is 0 Å². The molecule has 0 aliphatic rings. The zero-order valence-electron chi connectivity index (χ0n) is 15.7. The fourth-order valence-electron chi connectivity index (χ4n) is 2.34. The van der Waals surface area contributed by atoms with Gasteiger partial charge in [-0.1, -0.05) is 47.5 Å². The van der Waals surface area contributed by atoms with E-state index in [9.17, 15) is 9.59 Å². The molecule has 0 radical (unpaired) electrons. The second-order valence-electron chi connectivity index (χ2n) is 6.02. The van der Waals surface area contributed by atoms with Crippen molar-refractivity contribution in [3.8, 4) is 5.75 Å². The Labute approximate surface area is 178 Å². The van der Waals surface area contributed by atoms with Crippen LogP contribution in [0.5, 0.6) is 5.75 Å². The molecule has 0 aliphatic carbocycles. The normalized spacial score (nSPS) is 10.1. The van der Waals surface area contributed by atoms with Gasteiger partial charge < -0.3 is 4.74 Å². The Bertz CT molecular complexity index is 874. The molecule has 28 heavy (non-hydrogen) atoms. The second kappa shape index (κ2) is 10.8. The topological polar surface area (TPSA) is 79.5 Å². The first-order valence-corrected chi connectivity index (χ1v) is 10.0. The average molecular weight is 464 g/mol. The predicted molar refractivity (Wildman–Crippen MR) is 116 cm³/mol. The molecule has 148 valence electrons. The molecule has 0 fully saturated rings. The number of aryl methyl sites for hydroxylation is 1. The number of amides is 2. The molecule has 0 saturated carbocycles. The molecule has 3 N–H and O–H groups in total. The predicted octanol–water partition coefficient (Wildman–Crippen LogP) is 3.89. The van der Waals surface area contributed by atoms with Gasteiger partial charge in [0.05, 0.1) is 12.2 Å². The molecule has 2 aromatic carbocycles. The second-order valence-corrected chi connectivity index (χ2v) is 7.34. The standard InChI is InChI=1S/C20H22BrN3O3S/c1-3-4-11-27-17-10-9-14(21)12-16(17)18(25)22-20(28)24-23-19(26)15-8-6-5-7-13(15)2/h5-10,12H,3-4,11H2,1-2H3,(H,23,26)(H2,22,24,25,28). The quantitative estimate of drug-likeness (QED) is 0.344. The van der Waals surface area contributed by atoms with E-state index in [0.717, 1.165) is 22.9 Å². The lowest BCUT2D eigenvalue weighted by molar-refractivity contribution is 0.0933. The summed E-state index contributed by atoms with van der Waals surface area (Å²) in [6.45, 7) is 4.42. The van der Waals surface area contributed by atoms with Crippen LogP contribution < -0.4 is 20.9 Å². The van der Waals surface area contributed by atoms with Gasteiger partial charge in [0.2, 0.25) is 0 Å². The summed E-state index contributed by atoms with van der Waals surface area (Å²) in [5.41, 5.74) is 6.72. The Hall–Kier alpha value is -2.45. The maximum Gasteiger partial charge on any atom is 0.269 e. The van der Waals surface area contributed by atoms with E-state index in [-0.39, 0.29) is 11.0 Å². The minimum Gasteiger partial charge on any atom is -0.493 e. The molecule has 0 spiro atoms. The van der Waals surface area contributed by atoms with Gasteiger partial charge in [0.25, 0.3) is 11.8 Å². The molecule has 0 aromatic heterocycles. The summed E-state index contributed by atoms with van der Waals surface area (Å²) >= 11 is 8.46. The number of hydrazine groups is 1. The Morgan fingerprint density at radius 3 is 2.54 bits per heavy atom. The number of benzene rings is 2. The van der Waals surface area contributed by atoms with Crippen LogP contribution in [0.1, 0.15) is 46.0 Å². The van der Waals surface area contributed by atoms with Crippen molar-refractivity contribution < 1.29 is 14.3 Å². The van der Waals surface area contributed by atoms with Crippen LogP contribution in [0, 0.1) is 6.92 Å². The zero-order valence-corrected chi connectivity index (χ0v) is 18.1. The van der Waals surface area contributed by atoms with Crippen LogP contribution in [0.4, 0.5) is 0 Å². The van der Waals surface area contributed by atoms with Crippen LogP contribution >= 0.6 is 28.1 Å². The third kappa shape index (κ3) is 6.31. The molecule has 2 amide bonds. The van der Waals surface area contributed by atoms with Crippen molar-refractivity contribution in [2.24, 2.45) is 0 Å². The molecule has 0 aliphatic heterocycles. The summed E-state index contributed by atoms with van der Waals surface area (Å²) in [6, 6.07) is 12.4. The highest BCUT2D eigenvalue weighted by molar-refractivity contribution is 9.10. The lowest BCUT2D eigenvalue weighted by atomic mass is 10.1. The highest BCUT2D eigenvalue weighted by atomic mass is 79.9. The average Bonchev–Trinajstić information content (AvgIpc) is 2.67. The number of thiocarbonyl (C=S) groups is 1. The van der Waals surface area contributed by atoms with Crippen LogP contribution in [0.25, 0.3) is 0 Å². The number of unbranched alkanes of at least 4 members (excludes halogenated alkanes) is 1. The highest BCUT2D eigenvalue weighted by Crippen LogP contribution is 2.23. The van der Waals surface area contributed by atoms with Crippen molar-refractivity contribution in [3.63, 3.8) is 0 Å². The van der Waals surface area contributed by atoms with Gasteiger partial charge in [-0.25, -0.2) is 0 Å². The lowest BCUT2D eigenvalue weighted by Gasteiger charge is -2.14. The van der Waals surface area contributed by atoms with Gasteiger partial charge in [0, 0.05) is 10.0 Å². The number of ether oxygens (including phenoxy) is 1. The molecule has 0 heterocycles. The first kappa shape index (κ1) is 21.8. The van der Waals surface area contributed by atoms with Gasteiger partial charge >= 0.3 is 0 Å². The summed E-state index contributed by atoms with van der Waals surface area (Å²) in [5, 5.41) is 2.52. The van der Waals surface area contributed by atoms with E-state index in [0.29, 0.717) is 23.5 Å². The van der Waals surface area contributed by atoms with Crippen molar-refractivity contribution in [1.29, 1.82) is 0 Å². The minimum absolute atomic E-state index is 0.0218. The molecule has 2 aromatic rings. The maximum atomic E-state index is 12.6. The van der Waals surface area contributed by atoms with Crippen molar-refractivity contribution >= 4 is 45.1 Å². The molecular formula is C20H22BrN3O3S. The zero-order chi connectivity index (χ0) is 20.5. The van der Waals surface area contributed by atoms with Crippen molar-refractivity contribution in [2.45, 2.75) is 26.7 Å². The molecular weight excluding hydrogens is 442 g/mol. The Morgan fingerprint density at radius 1 is 1.07 bits per heavy atom. The molecule has 0 unspecified atom stereocenters. The number of nitrogens with one attached hydrogen (secondary N) is 3. The van der Waals surface area contributed by atoms with Crippen LogP contribution in [0.3, 0.4) is 0 Å². The smallest absolute Gasteiger partial charge is 0.269 e. The van der Waals surface area contributed by atoms with Gasteiger partial charge in [-0.15, -0.1) is 0 Å². The van der Waals surface area contributed by atoms with Crippen LogP contribution in [0.15, 0.2) is 46.9 Å². The van der Waals surface area contributed by atoms with Gasteiger partial charge in [-0.3, -0.25) is 25.8 Å². The first-order chi connectivity index (χ1) is 13.4. The van der Waals surface area contributed by atoms with E-state index in [4.69, 9.17) is 17.0 Å². The summed E-state index contributed by atoms with van der Waals surface area (Å²) in [7, 11) is 0. The van der Waals surface area contributed by atoms with Gasteiger partial charge in [0.1, 0.15) is 5.75 Å². The highest BCUT2D eigenvalue weighted by Gasteiger charge is 2.15. The molecule has 0 atom stereocenters. The Morgan fingerprint density at radius 2 is 1.82 bits per heavy atom. The summed E-state index contributed by atoms with van der Waals surface area (Å²) in [5.74, 6) is -0.308. The molecule has 0 bridgehead atoms. The largest absolute Gasteiger partial charge is 0.493 e. The summed E-state index contributed by atoms with van der Waals surface area (Å²) < 4.78 is 6.43. The Balaban J connectivity index is 1.96. The first-order valence-electron chi connectivity index (χ1n) is 8.82. The van der Waals surface area contributed by atoms with E-state index in [1.54, 1.807) is 30.3 Å². The molecule has 0 saturated heterocycles. The number of rotatable bonds is 6. The van der Waals surface area contributed by atoms with Gasteiger partial charge in [-0.2, -0.15) is 0 Å². The van der Waals surface area contributed by atoms with Crippen molar-refractivity contribution in [2.75, 3.05) is 6.61 Å². The molecule has 8 heteroatoms. The van der Waals surface area contributed by atoms with E-state index < -0.39 is 5.91 Å². The third-order valence-corrected chi connectivity index (χ3v) is 4.55. The van der Waals surface area contributed by atoms with Gasteiger partial charge in [0.15, 0.2) is 5.11 Å². The van der Waals surface area contributed by atoms with Crippen molar-refractivity contribution in [1.82, 2.24) is 16.2 Å². The minimum atomic E-state index is -0.435. The van der Waals surface area contributed by atoms with Crippen molar-refractivity contribution in [3.05, 3.63) is 63.6 Å². The van der Waals surface area contributed by atoms with Crippen LogP contribution in [0.2, 0.25) is 0 Å². The monoisotopic (exact) mass is 463 g/mol. The van der Waals surface area contributed by atoms with Crippen LogP contribution in [-0.4, -0.2) is 23.5 Å². The lowest BCUT2D eigenvalue weighted by Crippen LogP contribution is -2.48. The number of hydrogen-bond donors (Lipinski definition) is 3. The fraction of sp³-hybridized carbons (Fsp3) is 0.250. The third-order valence-electron chi connectivity index (χ3n) is 3.85. The number of carbonyl (C=O) groups is 2. The Kier molecular flexibility index (Phi) is 8.41. The fourth-order valence-corrected chi connectivity index (χ4v) is 2.85. The van der Waals surface area contributed by atoms with E-state index in [1.807, 2.05) is 19.1 Å². The van der Waals surface area contributed by atoms with Crippen LogP contribution in [-0.2, 0) is 0 Å². The number of hydrogen-bond acceptors (Lipinski definition) is 4. The maximum absolute atomic E-state index is 12.6. The van der Waals surface area contributed by atoms with E-state index in [2.05, 4.69) is 39.0 Å². The summed E-state index contributed by atoms with van der Waals surface area (Å²) in [4.78, 5) is 24.8. The number of halogens is 1. The number of carbonyl (C=O) groups excluding carboxylic acids is 2.